The Bertz CT molecular complexity index is 1050. The molecule has 4 rings (SSSR count). The van der Waals surface area contributed by atoms with E-state index in [1.807, 2.05) is 26.0 Å². The van der Waals surface area contributed by atoms with E-state index in [0.29, 0.717) is 29.7 Å². The fourth-order valence-corrected chi connectivity index (χ4v) is 6.42. The zero-order valence-electron chi connectivity index (χ0n) is 22.9. The van der Waals surface area contributed by atoms with Gasteiger partial charge in [0.25, 0.3) is 0 Å². The van der Waals surface area contributed by atoms with Crippen LogP contribution in [0.2, 0.25) is 0 Å². The van der Waals surface area contributed by atoms with E-state index < -0.39 is 23.2 Å². The molecule has 2 aliphatic carbocycles. The molecule has 0 saturated heterocycles. The lowest BCUT2D eigenvalue weighted by Gasteiger charge is -2.48. The number of unbranched alkanes of at least 4 members (excludes halogenated alkanes) is 3. The molecule has 0 unspecified atom stereocenters. The number of allylic oxidation sites excluding steroid dienone is 1. The normalized spacial score (nSPS) is 24.2. The SMILES string of the molecule is CCCCCCC(C)(C)c1cc(O)c2c(c1)OC(C)(C)[C@@H]1CC=C(C(=O)NC3(C(F)(F)F)CCC3)C[C@@H]21. The molecule has 0 spiro atoms. The summed E-state index contributed by atoms with van der Waals surface area (Å²) in [6.45, 7) is 10.6. The van der Waals surface area contributed by atoms with E-state index in [-0.39, 0.29) is 42.3 Å². The fourth-order valence-electron chi connectivity index (χ4n) is 6.42. The van der Waals surface area contributed by atoms with Crippen molar-refractivity contribution in [3.05, 3.63) is 34.9 Å². The van der Waals surface area contributed by atoms with Crippen LogP contribution in [-0.4, -0.2) is 28.3 Å². The monoisotopic (exact) mass is 521 g/mol. The van der Waals surface area contributed by atoms with Gasteiger partial charge in [-0.2, -0.15) is 13.2 Å². The van der Waals surface area contributed by atoms with Gasteiger partial charge in [-0.05, 0) is 75.5 Å². The number of carbonyl (C=O) groups is 1. The molecule has 1 heterocycles. The minimum Gasteiger partial charge on any atom is -0.508 e. The van der Waals surface area contributed by atoms with Gasteiger partial charge in [0.05, 0.1) is 0 Å². The maximum Gasteiger partial charge on any atom is 0.411 e. The van der Waals surface area contributed by atoms with Crippen LogP contribution in [0.4, 0.5) is 13.2 Å². The molecule has 2 atom stereocenters. The van der Waals surface area contributed by atoms with Crippen LogP contribution in [0.1, 0.15) is 116 Å². The first-order chi connectivity index (χ1) is 17.2. The predicted octanol–water partition coefficient (Wildman–Crippen LogP) is 7.83. The van der Waals surface area contributed by atoms with Gasteiger partial charge < -0.3 is 15.2 Å². The minimum absolute atomic E-state index is 0.00404. The molecule has 4 nitrogen and oxygen atoms in total. The Hall–Kier alpha value is -2.18. The predicted molar refractivity (Wildman–Crippen MR) is 139 cm³/mol. The third-order valence-corrected chi connectivity index (χ3v) is 9.13. The van der Waals surface area contributed by atoms with Crippen LogP contribution < -0.4 is 10.1 Å². The van der Waals surface area contributed by atoms with Crippen molar-refractivity contribution in [3.8, 4) is 11.5 Å². The van der Waals surface area contributed by atoms with Crippen LogP contribution >= 0.6 is 0 Å². The van der Waals surface area contributed by atoms with Gasteiger partial charge in [0.1, 0.15) is 22.6 Å². The number of aromatic hydroxyl groups is 1. The molecule has 0 aromatic heterocycles. The standard InChI is InChI=1S/C30H42F3NO3/c1-6-7-8-9-13-27(2,3)20-17-23(35)25-21-16-19(11-12-22(21)28(4,5)37-24(25)18-20)26(36)34-29(14-10-15-29)30(31,32)33/h11,17-18,21-22,35H,6-10,12-16H2,1-5H3,(H,34,36)/t21-,22-/m1/s1. The lowest BCUT2D eigenvalue weighted by molar-refractivity contribution is -0.218. The highest BCUT2D eigenvalue weighted by atomic mass is 19.4. The second-order valence-corrected chi connectivity index (χ2v) is 12.6. The molecule has 2 N–H and O–H groups in total. The van der Waals surface area contributed by atoms with Crippen molar-refractivity contribution in [2.45, 2.75) is 127 Å². The molecule has 1 aromatic rings. The average molecular weight is 522 g/mol. The number of halogens is 3. The summed E-state index contributed by atoms with van der Waals surface area (Å²) in [7, 11) is 0. The third-order valence-electron chi connectivity index (χ3n) is 9.13. The van der Waals surface area contributed by atoms with Gasteiger partial charge in [0, 0.05) is 23.0 Å². The Kier molecular flexibility index (Phi) is 7.41. The Balaban J connectivity index is 1.60. The third kappa shape index (κ3) is 5.24. The van der Waals surface area contributed by atoms with E-state index in [1.54, 1.807) is 6.08 Å². The second kappa shape index (κ2) is 9.85. The number of benzene rings is 1. The number of phenolic OH excluding ortho intramolecular Hbond substituents is 1. The lowest BCUT2D eigenvalue weighted by Crippen LogP contribution is -2.63. The molecular formula is C30H42F3NO3. The van der Waals surface area contributed by atoms with E-state index in [1.165, 1.54) is 19.3 Å². The number of ether oxygens (including phenoxy) is 1. The Morgan fingerprint density at radius 3 is 2.46 bits per heavy atom. The number of rotatable bonds is 8. The van der Waals surface area contributed by atoms with Gasteiger partial charge >= 0.3 is 6.18 Å². The summed E-state index contributed by atoms with van der Waals surface area (Å²) in [6, 6.07) is 3.85. The second-order valence-electron chi connectivity index (χ2n) is 12.6. The van der Waals surface area contributed by atoms with Gasteiger partial charge in [0.2, 0.25) is 5.91 Å². The van der Waals surface area contributed by atoms with Crippen molar-refractivity contribution in [2.24, 2.45) is 5.92 Å². The van der Waals surface area contributed by atoms with E-state index in [2.05, 4.69) is 26.1 Å². The average Bonchev–Trinajstić information content (AvgIpc) is 2.77. The van der Waals surface area contributed by atoms with Crippen LogP contribution in [0.3, 0.4) is 0 Å². The minimum atomic E-state index is -4.47. The summed E-state index contributed by atoms with van der Waals surface area (Å²) < 4.78 is 47.5. The molecule has 3 aliphatic rings. The highest BCUT2D eigenvalue weighted by molar-refractivity contribution is 5.94. The van der Waals surface area contributed by atoms with Crippen LogP contribution in [-0.2, 0) is 10.2 Å². The van der Waals surface area contributed by atoms with Gasteiger partial charge in [-0.1, -0.05) is 52.5 Å². The Morgan fingerprint density at radius 1 is 1.16 bits per heavy atom. The summed E-state index contributed by atoms with van der Waals surface area (Å²) in [5.74, 6) is -0.0990. The maximum atomic E-state index is 13.7. The summed E-state index contributed by atoms with van der Waals surface area (Å²) in [5, 5.41) is 13.6. The number of amides is 1. The van der Waals surface area contributed by atoms with Crippen LogP contribution in [0.15, 0.2) is 23.8 Å². The van der Waals surface area contributed by atoms with Gasteiger partial charge in [-0.25, -0.2) is 0 Å². The first-order valence-corrected chi connectivity index (χ1v) is 13.9. The highest BCUT2D eigenvalue weighted by Crippen LogP contribution is 2.55. The van der Waals surface area contributed by atoms with Crippen molar-refractivity contribution < 1.29 is 27.8 Å². The molecule has 1 amide bonds. The van der Waals surface area contributed by atoms with E-state index in [0.717, 1.165) is 18.4 Å². The molecule has 0 radical (unpaired) electrons. The molecule has 1 fully saturated rings. The first kappa shape index (κ1) is 27.8. The molecule has 1 aromatic carbocycles. The van der Waals surface area contributed by atoms with Crippen molar-refractivity contribution >= 4 is 5.91 Å². The number of hydrogen-bond acceptors (Lipinski definition) is 3. The highest BCUT2D eigenvalue weighted by Gasteiger charge is 2.59. The van der Waals surface area contributed by atoms with Crippen LogP contribution in [0.25, 0.3) is 0 Å². The maximum absolute atomic E-state index is 13.7. The summed E-state index contributed by atoms with van der Waals surface area (Å²) in [5.41, 5.74) is -0.766. The van der Waals surface area contributed by atoms with E-state index in [9.17, 15) is 23.1 Å². The van der Waals surface area contributed by atoms with Crippen molar-refractivity contribution in [1.82, 2.24) is 5.32 Å². The summed E-state index contributed by atoms with van der Waals surface area (Å²) >= 11 is 0. The number of phenols is 1. The Morgan fingerprint density at radius 2 is 1.86 bits per heavy atom. The zero-order valence-corrected chi connectivity index (χ0v) is 22.9. The molecular weight excluding hydrogens is 479 g/mol. The Labute approximate surface area is 219 Å². The van der Waals surface area contributed by atoms with Gasteiger partial charge in [-0.3, -0.25) is 4.79 Å². The van der Waals surface area contributed by atoms with Gasteiger partial charge in [0.15, 0.2) is 0 Å². The van der Waals surface area contributed by atoms with Crippen LogP contribution in [0, 0.1) is 5.92 Å². The number of fused-ring (bicyclic) bond motifs is 3. The van der Waals surface area contributed by atoms with Crippen molar-refractivity contribution in [1.29, 1.82) is 0 Å². The smallest absolute Gasteiger partial charge is 0.411 e. The van der Waals surface area contributed by atoms with Gasteiger partial charge in [-0.15, -0.1) is 0 Å². The number of carbonyl (C=O) groups excluding carboxylic acids is 1. The van der Waals surface area contributed by atoms with Crippen molar-refractivity contribution in [2.75, 3.05) is 0 Å². The molecule has 206 valence electrons. The molecule has 1 saturated carbocycles. The molecule has 7 heteroatoms. The largest absolute Gasteiger partial charge is 0.508 e. The first-order valence-electron chi connectivity index (χ1n) is 13.9. The number of nitrogens with one attached hydrogen (secondary N) is 1. The molecule has 0 bridgehead atoms. The molecule has 37 heavy (non-hydrogen) atoms. The van der Waals surface area contributed by atoms with Crippen molar-refractivity contribution in [3.63, 3.8) is 0 Å². The quantitative estimate of drug-likeness (QED) is 0.343. The topological polar surface area (TPSA) is 58.6 Å². The zero-order chi connectivity index (χ0) is 27.2. The van der Waals surface area contributed by atoms with Crippen LogP contribution in [0.5, 0.6) is 11.5 Å². The van der Waals surface area contributed by atoms with E-state index >= 15 is 0 Å². The fraction of sp³-hybridized carbons (Fsp3) is 0.700. The molecule has 1 aliphatic heterocycles. The number of hydrogen-bond donors (Lipinski definition) is 2. The number of alkyl halides is 3. The van der Waals surface area contributed by atoms with E-state index in [4.69, 9.17) is 4.74 Å². The summed E-state index contributed by atoms with van der Waals surface area (Å²) in [4.78, 5) is 13.0. The summed E-state index contributed by atoms with van der Waals surface area (Å²) in [6.07, 6.45) is 4.03. The lowest BCUT2D eigenvalue weighted by atomic mass is 9.66.